The van der Waals surface area contributed by atoms with Crippen molar-refractivity contribution in [3.8, 4) is 11.5 Å². The van der Waals surface area contributed by atoms with Crippen LogP contribution < -0.4 is 21.7 Å². The lowest BCUT2D eigenvalue weighted by Crippen LogP contribution is -2.28. The van der Waals surface area contributed by atoms with Gasteiger partial charge in [-0.2, -0.15) is 5.10 Å². The Morgan fingerprint density at radius 3 is 2.68 bits per heavy atom. The first-order valence-corrected chi connectivity index (χ1v) is 9.72. The Hall–Kier alpha value is -3.89. The maximum Gasteiger partial charge on any atom is 0.413 e. The largest absolute Gasteiger partial charge is 0.452 e. The lowest BCUT2D eigenvalue weighted by molar-refractivity contribution is 0.180. The van der Waals surface area contributed by atoms with E-state index >= 15 is 0 Å². The second-order valence-corrected chi connectivity index (χ2v) is 7.15. The van der Waals surface area contributed by atoms with Crippen LogP contribution in [0.15, 0.2) is 24.3 Å². The van der Waals surface area contributed by atoms with Crippen LogP contribution in [-0.2, 0) is 17.7 Å². The zero-order chi connectivity index (χ0) is 22.1. The summed E-state index contributed by atoms with van der Waals surface area (Å²) in [5, 5.41) is 7.99. The summed E-state index contributed by atoms with van der Waals surface area (Å²) in [4.78, 5) is 21.7. The van der Waals surface area contributed by atoms with E-state index in [9.17, 15) is 9.18 Å². The number of hydrogen-bond donors (Lipinski definition) is 3. The van der Waals surface area contributed by atoms with Gasteiger partial charge in [0.15, 0.2) is 17.5 Å². The van der Waals surface area contributed by atoms with Gasteiger partial charge < -0.3 is 21.5 Å². The molecule has 1 aliphatic rings. The molecule has 3 heterocycles. The Morgan fingerprint density at radius 2 is 2.00 bits per heavy atom. The summed E-state index contributed by atoms with van der Waals surface area (Å²) in [5.74, 6) is 0.780. The van der Waals surface area contributed by atoms with Crippen molar-refractivity contribution in [1.29, 1.82) is 0 Å². The summed E-state index contributed by atoms with van der Waals surface area (Å²) >= 11 is 0. The van der Waals surface area contributed by atoms with Crippen molar-refractivity contribution in [3.05, 3.63) is 41.2 Å². The van der Waals surface area contributed by atoms with E-state index in [1.807, 2.05) is 0 Å². The van der Waals surface area contributed by atoms with Gasteiger partial charge in [-0.25, -0.2) is 23.8 Å². The number of nitrogens with zero attached hydrogens (tertiary/aromatic N) is 5. The molecule has 2 aromatic heterocycles. The van der Waals surface area contributed by atoms with Crippen LogP contribution in [0.4, 0.5) is 32.3 Å². The Balaban J connectivity index is 1.77. The average molecular weight is 426 g/mol. The minimum atomic E-state index is -0.648. The van der Waals surface area contributed by atoms with E-state index in [1.165, 1.54) is 20.2 Å². The number of carbonyl (C=O) groups is 1. The van der Waals surface area contributed by atoms with E-state index in [0.29, 0.717) is 11.3 Å². The van der Waals surface area contributed by atoms with Gasteiger partial charge in [-0.05, 0) is 18.9 Å². The first-order chi connectivity index (χ1) is 14.9. The summed E-state index contributed by atoms with van der Waals surface area (Å²) in [5.41, 5.74) is 14.3. The molecule has 0 aliphatic carbocycles. The summed E-state index contributed by atoms with van der Waals surface area (Å²) in [6, 6.07) is 6.56. The number of nitrogen functional groups attached to an aromatic ring is 2. The van der Waals surface area contributed by atoms with E-state index in [4.69, 9.17) is 16.2 Å². The molecule has 0 radical (unpaired) electrons. The number of fused-ring (bicyclic) bond motifs is 1. The third-order valence-corrected chi connectivity index (χ3v) is 5.16. The molecule has 0 bridgehead atoms. The van der Waals surface area contributed by atoms with Crippen molar-refractivity contribution in [2.75, 3.05) is 42.4 Å². The molecule has 0 saturated heterocycles. The zero-order valence-corrected chi connectivity index (χ0v) is 17.2. The molecule has 4 rings (SSSR count). The lowest BCUT2D eigenvalue weighted by Gasteiger charge is -2.19. The van der Waals surface area contributed by atoms with Gasteiger partial charge in [0, 0.05) is 24.7 Å². The number of anilines is 4. The van der Waals surface area contributed by atoms with Crippen molar-refractivity contribution < 1.29 is 13.9 Å². The lowest BCUT2D eigenvalue weighted by atomic mass is 10.1. The van der Waals surface area contributed by atoms with Crippen LogP contribution in [0.3, 0.4) is 0 Å². The predicted octanol–water partition coefficient (Wildman–Crippen LogP) is 2.25. The van der Waals surface area contributed by atoms with Gasteiger partial charge in [-0.1, -0.05) is 18.2 Å². The number of halogens is 1. The molecule has 1 amide bonds. The molecule has 162 valence electrons. The molecule has 3 aromatic rings. The van der Waals surface area contributed by atoms with Gasteiger partial charge in [0.1, 0.15) is 23.0 Å². The molecule has 0 saturated carbocycles. The zero-order valence-electron chi connectivity index (χ0n) is 17.2. The van der Waals surface area contributed by atoms with E-state index in [2.05, 4.69) is 20.4 Å². The number of nitrogens with one attached hydrogen (secondary N) is 1. The van der Waals surface area contributed by atoms with Crippen molar-refractivity contribution in [3.63, 3.8) is 0 Å². The standard InChI is InChI=1S/C20H23FN8O2/c1-28(20(30)31-2)15-16(22)25-18(26-17(15)23)14-12-7-5-9-24-19(12)29(27-14)10-11-6-3-4-8-13(11)21/h3-4,6,8,24H,5,7,9-10H2,1-2H3,(H4,22,23,25,26). The van der Waals surface area contributed by atoms with Gasteiger partial charge >= 0.3 is 6.09 Å². The molecule has 0 fully saturated rings. The van der Waals surface area contributed by atoms with Gasteiger partial charge in [-0.15, -0.1) is 0 Å². The van der Waals surface area contributed by atoms with Crippen LogP contribution in [-0.4, -0.2) is 46.5 Å². The molecule has 1 aliphatic heterocycles. The van der Waals surface area contributed by atoms with E-state index < -0.39 is 6.09 Å². The smallest absolute Gasteiger partial charge is 0.413 e. The molecule has 0 unspecified atom stereocenters. The monoisotopic (exact) mass is 426 g/mol. The Kier molecular flexibility index (Phi) is 5.32. The van der Waals surface area contributed by atoms with Crippen LogP contribution in [0.25, 0.3) is 11.5 Å². The third kappa shape index (κ3) is 3.69. The number of nitrogens with two attached hydrogens (primary N) is 2. The summed E-state index contributed by atoms with van der Waals surface area (Å²) < 4.78 is 20.6. The van der Waals surface area contributed by atoms with Crippen LogP contribution >= 0.6 is 0 Å². The van der Waals surface area contributed by atoms with Crippen LogP contribution in [0.5, 0.6) is 0 Å². The fourth-order valence-corrected chi connectivity index (χ4v) is 3.66. The molecule has 5 N–H and O–H groups in total. The van der Waals surface area contributed by atoms with Gasteiger partial charge in [0.25, 0.3) is 0 Å². The second-order valence-electron chi connectivity index (χ2n) is 7.15. The predicted molar refractivity (Wildman–Crippen MR) is 115 cm³/mol. The van der Waals surface area contributed by atoms with E-state index in [0.717, 1.165) is 35.7 Å². The fourth-order valence-electron chi connectivity index (χ4n) is 3.66. The molecule has 11 heteroatoms. The number of carbonyl (C=O) groups excluding carboxylic acids is 1. The highest BCUT2D eigenvalue weighted by Crippen LogP contribution is 2.35. The highest BCUT2D eigenvalue weighted by atomic mass is 19.1. The summed E-state index contributed by atoms with van der Waals surface area (Å²) in [6.45, 7) is 1.03. The molecule has 0 spiro atoms. The van der Waals surface area contributed by atoms with Crippen LogP contribution in [0.1, 0.15) is 17.5 Å². The Labute approximate surface area is 178 Å². The Morgan fingerprint density at radius 1 is 1.29 bits per heavy atom. The molecule has 31 heavy (non-hydrogen) atoms. The number of aromatic nitrogens is 4. The third-order valence-electron chi connectivity index (χ3n) is 5.16. The Bertz CT molecular complexity index is 1120. The number of rotatable bonds is 4. The van der Waals surface area contributed by atoms with E-state index in [-0.39, 0.29) is 35.5 Å². The number of ether oxygens (including phenoxy) is 1. The van der Waals surface area contributed by atoms with Crippen molar-refractivity contribution in [2.45, 2.75) is 19.4 Å². The first-order valence-electron chi connectivity index (χ1n) is 9.72. The molecule has 10 nitrogen and oxygen atoms in total. The highest BCUT2D eigenvalue weighted by Gasteiger charge is 2.26. The summed E-state index contributed by atoms with van der Waals surface area (Å²) in [6.07, 6.45) is 1.01. The van der Waals surface area contributed by atoms with Crippen LogP contribution in [0.2, 0.25) is 0 Å². The average Bonchev–Trinajstić information content (AvgIpc) is 3.12. The minimum Gasteiger partial charge on any atom is -0.452 e. The molecular formula is C20H23FN8O2. The maximum absolute atomic E-state index is 14.2. The number of methoxy groups -OCH3 is 1. The quantitative estimate of drug-likeness (QED) is 0.578. The fraction of sp³-hybridized carbons (Fsp3) is 0.300. The minimum absolute atomic E-state index is 0.0246. The van der Waals surface area contributed by atoms with Crippen LogP contribution in [0, 0.1) is 5.82 Å². The number of benzene rings is 1. The van der Waals surface area contributed by atoms with Gasteiger partial charge in [0.2, 0.25) is 0 Å². The molecular weight excluding hydrogens is 403 g/mol. The van der Waals surface area contributed by atoms with Gasteiger partial charge in [-0.3, -0.25) is 4.90 Å². The molecule has 0 atom stereocenters. The van der Waals surface area contributed by atoms with Gasteiger partial charge in [0.05, 0.1) is 13.7 Å². The van der Waals surface area contributed by atoms with Crippen molar-refractivity contribution in [1.82, 2.24) is 19.7 Å². The highest BCUT2D eigenvalue weighted by molar-refractivity contribution is 5.94. The number of hydrogen-bond acceptors (Lipinski definition) is 8. The van der Waals surface area contributed by atoms with Crippen molar-refractivity contribution >= 4 is 29.2 Å². The van der Waals surface area contributed by atoms with Crippen molar-refractivity contribution in [2.24, 2.45) is 0 Å². The SMILES string of the molecule is COC(=O)N(C)c1c(N)nc(-c2nn(Cc3ccccc3F)c3c2CCCN3)nc1N. The maximum atomic E-state index is 14.2. The normalized spacial score (nSPS) is 12.7. The first kappa shape index (κ1) is 20.4. The number of amides is 1. The topological polar surface area (TPSA) is 137 Å². The van der Waals surface area contributed by atoms with E-state index in [1.54, 1.807) is 22.9 Å². The second kappa shape index (κ2) is 8.09. The summed E-state index contributed by atoms with van der Waals surface area (Å²) in [7, 11) is 2.72. The molecule has 1 aromatic carbocycles.